The summed E-state index contributed by atoms with van der Waals surface area (Å²) in [5.41, 5.74) is 0. The summed E-state index contributed by atoms with van der Waals surface area (Å²) in [5.74, 6) is 0.691. The van der Waals surface area contributed by atoms with Crippen LogP contribution in [0.3, 0.4) is 0 Å². The van der Waals surface area contributed by atoms with Crippen molar-refractivity contribution in [1.82, 2.24) is 15.1 Å². The molecule has 0 aromatic carbocycles. The van der Waals surface area contributed by atoms with Crippen molar-refractivity contribution in [2.45, 2.75) is 39.7 Å². The normalized spacial score (nSPS) is 19.9. The summed E-state index contributed by atoms with van der Waals surface area (Å²) in [6.45, 7) is 8.33. The van der Waals surface area contributed by atoms with Crippen molar-refractivity contribution in [3.63, 3.8) is 0 Å². The van der Waals surface area contributed by atoms with E-state index in [1.54, 1.807) is 4.90 Å². The maximum absolute atomic E-state index is 12.1. The van der Waals surface area contributed by atoms with Crippen LogP contribution in [-0.4, -0.2) is 60.9 Å². The molecule has 0 aliphatic carbocycles. The molecule has 5 nitrogen and oxygen atoms in total. The maximum Gasteiger partial charge on any atom is 0.236 e. The van der Waals surface area contributed by atoms with Gasteiger partial charge in [0.15, 0.2) is 0 Å². The highest BCUT2D eigenvalue weighted by Crippen LogP contribution is 2.15. The van der Waals surface area contributed by atoms with Crippen LogP contribution < -0.4 is 5.32 Å². The van der Waals surface area contributed by atoms with Crippen molar-refractivity contribution in [2.24, 2.45) is 5.92 Å². The molecule has 0 spiro atoms. The van der Waals surface area contributed by atoms with Gasteiger partial charge in [0.25, 0.3) is 0 Å². The first-order chi connectivity index (χ1) is 8.88. The van der Waals surface area contributed by atoms with Gasteiger partial charge in [-0.2, -0.15) is 0 Å². The number of carbonyl (C=O) groups excluding carboxylic acids is 2. The van der Waals surface area contributed by atoms with E-state index in [4.69, 9.17) is 0 Å². The first-order valence-electron chi connectivity index (χ1n) is 7.14. The molecule has 1 N–H and O–H groups in total. The lowest BCUT2D eigenvalue weighted by Crippen LogP contribution is -2.46. The van der Waals surface area contributed by atoms with Crippen LogP contribution in [0.15, 0.2) is 0 Å². The molecule has 0 bridgehead atoms. The third-order valence-corrected chi connectivity index (χ3v) is 3.28. The van der Waals surface area contributed by atoms with Gasteiger partial charge in [0.05, 0.1) is 13.1 Å². The maximum atomic E-state index is 12.1. The molecule has 5 heteroatoms. The molecular formula is C14H27N3O2. The second-order valence-electron chi connectivity index (χ2n) is 5.98. The van der Waals surface area contributed by atoms with Crippen molar-refractivity contribution < 1.29 is 9.59 Å². The second-order valence-corrected chi connectivity index (χ2v) is 5.98. The van der Waals surface area contributed by atoms with Gasteiger partial charge in [-0.3, -0.25) is 14.5 Å². The van der Waals surface area contributed by atoms with Crippen molar-refractivity contribution in [3.05, 3.63) is 0 Å². The minimum absolute atomic E-state index is 0.0303. The predicted octanol–water partition coefficient (Wildman–Crippen LogP) is 0.701. The number of amides is 2. The lowest BCUT2D eigenvalue weighted by atomic mass is 10.0. The topological polar surface area (TPSA) is 52.7 Å². The number of nitrogens with zero attached hydrogens (tertiary/aromatic N) is 2. The van der Waals surface area contributed by atoms with E-state index in [9.17, 15) is 9.59 Å². The van der Waals surface area contributed by atoms with Gasteiger partial charge in [0.2, 0.25) is 11.8 Å². The monoisotopic (exact) mass is 269 g/mol. The summed E-state index contributed by atoms with van der Waals surface area (Å²) >= 11 is 0. The molecule has 0 aromatic rings. The molecule has 0 saturated carbocycles. The van der Waals surface area contributed by atoms with Crippen LogP contribution in [0.5, 0.6) is 0 Å². The Balaban J connectivity index is 2.33. The number of nitrogens with one attached hydrogen (secondary N) is 1. The second kappa shape index (κ2) is 7.48. The molecule has 1 aliphatic heterocycles. The van der Waals surface area contributed by atoms with Crippen LogP contribution in [0.2, 0.25) is 0 Å². The van der Waals surface area contributed by atoms with Gasteiger partial charge in [-0.1, -0.05) is 6.92 Å². The molecule has 19 heavy (non-hydrogen) atoms. The number of likely N-dealkylation sites (tertiary alicyclic amines) is 1. The van der Waals surface area contributed by atoms with Gasteiger partial charge in [0, 0.05) is 19.1 Å². The van der Waals surface area contributed by atoms with Gasteiger partial charge >= 0.3 is 0 Å². The standard InChI is InChI=1S/C14H27N3O2/c1-11(2)15-13(18)9-16(4)10-14(19)17-7-5-6-12(3)8-17/h11-12H,5-10H2,1-4H3,(H,15,18). The Morgan fingerprint density at radius 3 is 2.63 bits per heavy atom. The fraction of sp³-hybridized carbons (Fsp3) is 0.857. The zero-order valence-corrected chi connectivity index (χ0v) is 12.6. The summed E-state index contributed by atoms with van der Waals surface area (Å²) in [7, 11) is 1.81. The first kappa shape index (κ1) is 16.0. The third kappa shape index (κ3) is 6.05. The fourth-order valence-electron chi connectivity index (χ4n) is 2.42. The molecule has 1 aliphatic rings. The van der Waals surface area contributed by atoms with Gasteiger partial charge in [-0.15, -0.1) is 0 Å². The minimum atomic E-state index is -0.0303. The van der Waals surface area contributed by atoms with Crippen LogP contribution in [0.25, 0.3) is 0 Å². The summed E-state index contributed by atoms with van der Waals surface area (Å²) in [6.07, 6.45) is 2.29. The molecule has 0 aromatic heterocycles. The van der Waals surface area contributed by atoms with E-state index < -0.39 is 0 Å². The van der Waals surface area contributed by atoms with E-state index in [1.165, 1.54) is 6.42 Å². The van der Waals surface area contributed by atoms with E-state index in [0.717, 1.165) is 19.5 Å². The molecular weight excluding hydrogens is 242 g/mol. The van der Waals surface area contributed by atoms with Gasteiger partial charge in [0.1, 0.15) is 0 Å². The summed E-state index contributed by atoms with van der Waals surface area (Å²) in [6, 6.07) is 0.138. The summed E-state index contributed by atoms with van der Waals surface area (Å²) in [4.78, 5) is 27.4. The van der Waals surface area contributed by atoms with Crippen LogP contribution in [-0.2, 0) is 9.59 Å². The number of piperidine rings is 1. The van der Waals surface area contributed by atoms with Gasteiger partial charge in [-0.05, 0) is 39.7 Å². The molecule has 1 atom stereocenters. The molecule has 1 heterocycles. The molecule has 1 unspecified atom stereocenters. The van der Waals surface area contributed by atoms with E-state index in [2.05, 4.69) is 12.2 Å². The van der Waals surface area contributed by atoms with Gasteiger partial charge in [-0.25, -0.2) is 0 Å². The molecule has 2 amide bonds. The molecule has 1 fully saturated rings. The van der Waals surface area contributed by atoms with E-state index >= 15 is 0 Å². The quantitative estimate of drug-likeness (QED) is 0.799. The van der Waals surface area contributed by atoms with Crippen molar-refractivity contribution >= 4 is 11.8 Å². The average molecular weight is 269 g/mol. The first-order valence-corrected chi connectivity index (χ1v) is 7.14. The van der Waals surface area contributed by atoms with Gasteiger partial charge < -0.3 is 10.2 Å². The minimum Gasteiger partial charge on any atom is -0.353 e. The van der Waals surface area contributed by atoms with E-state index in [0.29, 0.717) is 12.5 Å². The Hall–Kier alpha value is -1.10. The van der Waals surface area contributed by atoms with E-state index in [-0.39, 0.29) is 24.4 Å². The Labute approximate surface area is 116 Å². The number of likely N-dealkylation sites (N-methyl/N-ethyl adjacent to an activating group) is 1. The molecule has 110 valence electrons. The highest BCUT2D eigenvalue weighted by molar-refractivity contribution is 5.81. The third-order valence-electron chi connectivity index (χ3n) is 3.28. The molecule has 1 rings (SSSR count). The number of rotatable bonds is 5. The van der Waals surface area contributed by atoms with Crippen molar-refractivity contribution in [2.75, 3.05) is 33.2 Å². The SMILES string of the molecule is CC1CCCN(C(=O)CN(C)CC(=O)NC(C)C)C1. The Kier molecular flexibility index (Phi) is 6.28. The lowest BCUT2D eigenvalue weighted by Gasteiger charge is -2.32. The summed E-state index contributed by atoms with van der Waals surface area (Å²) in [5, 5.41) is 2.83. The molecule has 1 saturated heterocycles. The Morgan fingerprint density at radius 2 is 2.05 bits per heavy atom. The van der Waals surface area contributed by atoms with Crippen molar-refractivity contribution in [1.29, 1.82) is 0 Å². The van der Waals surface area contributed by atoms with Crippen molar-refractivity contribution in [3.8, 4) is 0 Å². The lowest BCUT2D eigenvalue weighted by molar-refractivity contribution is -0.134. The molecule has 0 radical (unpaired) electrons. The zero-order chi connectivity index (χ0) is 14.4. The van der Waals surface area contributed by atoms with Crippen LogP contribution in [0, 0.1) is 5.92 Å². The highest BCUT2D eigenvalue weighted by Gasteiger charge is 2.22. The zero-order valence-electron chi connectivity index (χ0n) is 12.6. The Morgan fingerprint density at radius 1 is 1.37 bits per heavy atom. The largest absolute Gasteiger partial charge is 0.353 e. The Bertz CT molecular complexity index is 318. The summed E-state index contributed by atoms with van der Waals surface area (Å²) < 4.78 is 0. The average Bonchev–Trinajstić information content (AvgIpc) is 2.27. The number of carbonyl (C=O) groups is 2. The predicted molar refractivity (Wildman–Crippen MR) is 75.8 cm³/mol. The fourth-order valence-corrected chi connectivity index (χ4v) is 2.42. The number of hydrogen-bond donors (Lipinski definition) is 1. The smallest absolute Gasteiger partial charge is 0.236 e. The highest BCUT2D eigenvalue weighted by atomic mass is 16.2. The van der Waals surface area contributed by atoms with Crippen LogP contribution in [0.1, 0.15) is 33.6 Å². The van der Waals surface area contributed by atoms with Crippen LogP contribution in [0.4, 0.5) is 0 Å². The number of hydrogen-bond acceptors (Lipinski definition) is 3. The van der Waals surface area contributed by atoms with Crippen LogP contribution >= 0.6 is 0 Å². The van der Waals surface area contributed by atoms with E-state index in [1.807, 2.05) is 25.8 Å².